The number of carbonyl (C=O) groups excluding carboxylic acids is 1. The van der Waals surface area contributed by atoms with Crippen LogP contribution in [0.4, 0.5) is 0 Å². The average molecular weight is 859 g/mol. The number of aliphatic hydroxyl groups is 9. The van der Waals surface area contributed by atoms with Gasteiger partial charge in [0, 0.05) is 18.6 Å². The molecule has 8 aliphatic rings. The van der Waals surface area contributed by atoms with Crippen molar-refractivity contribution in [3.05, 3.63) is 11.6 Å². The lowest BCUT2D eigenvalue weighted by atomic mass is 9.43. The van der Waals surface area contributed by atoms with Gasteiger partial charge in [0.15, 0.2) is 18.9 Å². The van der Waals surface area contributed by atoms with Crippen LogP contribution in [0.25, 0.3) is 0 Å². The quantitative estimate of drug-likeness (QED) is 0.0918. The van der Waals surface area contributed by atoms with Gasteiger partial charge in [0.25, 0.3) is 0 Å². The third-order valence-electron chi connectivity index (χ3n) is 16.5. The van der Waals surface area contributed by atoms with Gasteiger partial charge in [0.1, 0.15) is 73.8 Å². The molecule has 7 fully saturated rings. The number of cyclic esters (lactones) is 1. The highest BCUT2D eigenvalue weighted by molar-refractivity contribution is 5.85. The Morgan fingerprint density at radius 2 is 1.42 bits per heavy atom. The second kappa shape index (κ2) is 17.2. The Morgan fingerprint density at radius 1 is 0.733 bits per heavy atom. The number of methoxy groups -OCH3 is 1. The van der Waals surface area contributed by atoms with Crippen LogP contribution in [0.3, 0.4) is 0 Å². The van der Waals surface area contributed by atoms with Crippen LogP contribution in [0, 0.1) is 34.5 Å². The van der Waals surface area contributed by atoms with Gasteiger partial charge in [-0.1, -0.05) is 13.8 Å². The molecule has 0 aromatic carbocycles. The summed E-state index contributed by atoms with van der Waals surface area (Å²) in [5, 5.41) is 96.6. The van der Waals surface area contributed by atoms with Gasteiger partial charge in [-0.05, 0) is 99.4 Å². The van der Waals surface area contributed by atoms with Crippen molar-refractivity contribution in [3.63, 3.8) is 0 Å². The van der Waals surface area contributed by atoms with E-state index in [1.54, 1.807) is 13.0 Å². The minimum Gasteiger partial charge on any atom is -0.458 e. The van der Waals surface area contributed by atoms with Gasteiger partial charge in [0.2, 0.25) is 0 Å². The van der Waals surface area contributed by atoms with E-state index < -0.39 is 111 Å². The minimum absolute atomic E-state index is 0.00760. The number of ether oxygens (including phenoxy) is 8. The number of carbonyl (C=O) groups is 1. The zero-order valence-corrected chi connectivity index (χ0v) is 34.8. The summed E-state index contributed by atoms with van der Waals surface area (Å²) >= 11 is 0. The first-order valence-electron chi connectivity index (χ1n) is 21.8. The summed E-state index contributed by atoms with van der Waals surface area (Å²) in [6, 6.07) is 0. The monoisotopic (exact) mass is 858 g/mol. The highest BCUT2D eigenvalue weighted by Crippen LogP contribution is 2.70. The lowest BCUT2D eigenvalue weighted by Gasteiger charge is -2.64. The van der Waals surface area contributed by atoms with E-state index in [0.717, 1.165) is 63.4 Å². The number of hydrogen-bond acceptors (Lipinski definition) is 18. The number of aliphatic hydroxyl groups excluding tert-OH is 8. The van der Waals surface area contributed by atoms with Crippen molar-refractivity contribution in [1.82, 2.24) is 0 Å². The molecule has 0 aromatic rings. The maximum absolute atomic E-state index is 12.6. The fourth-order valence-corrected chi connectivity index (χ4v) is 13.0. The third kappa shape index (κ3) is 7.50. The van der Waals surface area contributed by atoms with Gasteiger partial charge in [-0.3, -0.25) is 0 Å². The van der Waals surface area contributed by atoms with Gasteiger partial charge in [-0.15, -0.1) is 0 Å². The average Bonchev–Trinajstić information content (AvgIpc) is 3.78. The molecule has 2 unspecified atom stereocenters. The van der Waals surface area contributed by atoms with Crippen molar-refractivity contribution < 1.29 is 88.6 Å². The highest BCUT2D eigenvalue weighted by Gasteiger charge is 2.68. The summed E-state index contributed by atoms with van der Waals surface area (Å²) in [7, 11) is 1.39. The Balaban J connectivity index is 0.875. The van der Waals surface area contributed by atoms with E-state index in [9.17, 15) is 50.8 Å². The zero-order valence-electron chi connectivity index (χ0n) is 34.8. The van der Waals surface area contributed by atoms with Crippen molar-refractivity contribution in [1.29, 1.82) is 0 Å². The van der Waals surface area contributed by atoms with E-state index in [1.807, 2.05) is 0 Å². The van der Waals surface area contributed by atoms with Crippen LogP contribution in [0.1, 0.15) is 78.6 Å². The number of hydrogen-bond donors (Lipinski definition) is 9. The van der Waals surface area contributed by atoms with Gasteiger partial charge in [-0.2, -0.15) is 0 Å². The molecule has 60 heavy (non-hydrogen) atoms. The fraction of sp³-hybridized carbons (Fsp3) is 0.929. The molecule has 0 amide bonds. The van der Waals surface area contributed by atoms with Gasteiger partial charge >= 0.3 is 5.97 Å². The predicted molar refractivity (Wildman–Crippen MR) is 203 cm³/mol. The van der Waals surface area contributed by atoms with Crippen LogP contribution in [-0.2, 0) is 42.7 Å². The van der Waals surface area contributed by atoms with Crippen molar-refractivity contribution in [2.75, 3.05) is 26.9 Å². The van der Waals surface area contributed by atoms with E-state index in [4.69, 9.17) is 37.9 Å². The molecule has 4 heterocycles. The molecule has 18 nitrogen and oxygen atoms in total. The second-order valence-corrected chi connectivity index (χ2v) is 19.4. The summed E-state index contributed by atoms with van der Waals surface area (Å²) < 4.78 is 46.6. The normalized spacial score (nSPS) is 54.4. The Morgan fingerprint density at radius 3 is 2.10 bits per heavy atom. The van der Waals surface area contributed by atoms with E-state index in [-0.39, 0.29) is 34.7 Å². The Hall–Kier alpha value is -1.43. The molecular weight excluding hydrogens is 792 g/mol. The van der Waals surface area contributed by atoms with Crippen molar-refractivity contribution in [2.24, 2.45) is 34.5 Å². The van der Waals surface area contributed by atoms with E-state index in [0.29, 0.717) is 18.4 Å². The smallest absolute Gasteiger partial charge is 0.331 e. The molecule has 23 atom stereocenters. The maximum Gasteiger partial charge on any atom is 0.331 e. The second-order valence-electron chi connectivity index (χ2n) is 19.4. The molecule has 0 bridgehead atoms. The SMILES string of the molecule is CO[C@H]1[C@H](O)[C@H](O[C@H]2CC[C@]3(C)C4CC[C@]5(C)[C@H](C6=CC(=O)OC6)CC[C@]5(O)C4CC[C@@H]3C2)O[C@@H](C)[C@@H]1O[C@@H]1O[C@H](CO[C@@H]2O[C@H](CO)[C@@H](O)[C@H](O)[C@H]2O)[C@@H](O)[C@H](O)[C@H]1O. The Kier molecular flexibility index (Phi) is 12.9. The molecule has 4 aliphatic carbocycles. The largest absolute Gasteiger partial charge is 0.458 e. The molecule has 0 radical (unpaired) electrons. The summed E-state index contributed by atoms with van der Waals surface area (Å²) in [5.74, 6) is 0.725. The molecule has 342 valence electrons. The van der Waals surface area contributed by atoms with Crippen LogP contribution in [0.2, 0.25) is 0 Å². The predicted octanol–water partition coefficient (Wildman–Crippen LogP) is -1.24. The first-order valence-corrected chi connectivity index (χ1v) is 21.8. The Bertz CT molecular complexity index is 1570. The number of fused-ring (bicyclic) bond motifs is 5. The van der Waals surface area contributed by atoms with Crippen molar-refractivity contribution in [3.8, 4) is 0 Å². The molecule has 0 aromatic heterocycles. The fourth-order valence-electron chi connectivity index (χ4n) is 13.0. The van der Waals surface area contributed by atoms with Crippen molar-refractivity contribution >= 4 is 5.97 Å². The summed E-state index contributed by atoms with van der Waals surface area (Å²) in [4.78, 5) is 12.0. The third-order valence-corrected chi connectivity index (χ3v) is 16.5. The van der Waals surface area contributed by atoms with Crippen LogP contribution in [0.5, 0.6) is 0 Å². The summed E-state index contributed by atoms with van der Waals surface area (Å²) in [6.45, 7) is 5.42. The molecule has 0 spiro atoms. The molecule has 18 heteroatoms. The van der Waals surface area contributed by atoms with Gasteiger partial charge in [0.05, 0.1) is 31.0 Å². The molecule has 3 saturated heterocycles. The summed E-state index contributed by atoms with van der Waals surface area (Å²) in [5.41, 5.74) is -0.0850. The van der Waals surface area contributed by atoms with Gasteiger partial charge in [-0.25, -0.2) is 4.79 Å². The van der Waals surface area contributed by atoms with E-state index in [2.05, 4.69) is 13.8 Å². The minimum atomic E-state index is -1.77. The lowest BCUT2D eigenvalue weighted by molar-refractivity contribution is -0.367. The molecule has 9 N–H and O–H groups in total. The van der Waals surface area contributed by atoms with Crippen LogP contribution < -0.4 is 0 Å². The van der Waals surface area contributed by atoms with Crippen molar-refractivity contribution in [2.45, 2.75) is 182 Å². The Labute approximate surface area is 349 Å². The molecule has 4 saturated carbocycles. The summed E-state index contributed by atoms with van der Waals surface area (Å²) in [6.07, 6.45) is -11.9. The first kappa shape index (κ1) is 45.1. The number of rotatable bonds is 10. The zero-order chi connectivity index (χ0) is 43.1. The van der Waals surface area contributed by atoms with Crippen LogP contribution >= 0.6 is 0 Å². The van der Waals surface area contributed by atoms with Crippen LogP contribution in [-0.4, -0.2) is 183 Å². The standard InChI is InChI=1S/C42H66O18/c1-18-35(60-38-33(50)31(48)29(46)26(59-38)17-55-37-32(49)30(47)28(45)25(15-43)58-37)36(53-4)34(51)39(56-18)57-21-7-10-40(2)20(14-21)5-6-24-23(40)8-11-41(3)22(9-12-42(24,41)52)19-13-27(44)54-16-19/h13,18,20-26,28-39,43,45-52H,5-12,14-17H2,1-4H3/t18-,20+,21-,22-,23?,24?,25+,26+,28+,29+,30-,31-,32+,33+,34-,35-,36-,37+,38-,39-,40-,41+,42-/m0/s1. The van der Waals surface area contributed by atoms with E-state index in [1.165, 1.54) is 7.11 Å². The first-order chi connectivity index (χ1) is 28.4. The topological polar surface area (TPSA) is 273 Å². The van der Waals surface area contributed by atoms with Gasteiger partial charge < -0.3 is 83.9 Å². The van der Waals surface area contributed by atoms with E-state index >= 15 is 0 Å². The molecular formula is C42H66O18. The highest BCUT2D eigenvalue weighted by atomic mass is 16.8. The lowest BCUT2D eigenvalue weighted by Crippen LogP contribution is -2.65. The maximum atomic E-state index is 12.6. The van der Waals surface area contributed by atoms with Crippen LogP contribution in [0.15, 0.2) is 11.6 Å². The molecule has 4 aliphatic heterocycles. The number of esters is 1. The molecule has 8 rings (SSSR count).